The van der Waals surface area contributed by atoms with Crippen LogP contribution in [0, 0.1) is 0 Å². The lowest BCUT2D eigenvalue weighted by Crippen LogP contribution is -2.33. The zero-order valence-electron chi connectivity index (χ0n) is 11.4. The maximum absolute atomic E-state index is 5.80. The van der Waals surface area contributed by atoms with Crippen molar-refractivity contribution in [2.24, 2.45) is 10.7 Å². The summed E-state index contributed by atoms with van der Waals surface area (Å²) in [5, 5.41) is 7.52. The van der Waals surface area contributed by atoms with E-state index in [0.717, 1.165) is 12.1 Å². The molecule has 5 heteroatoms. The van der Waals surface area contributed by atoms with E-state index in [1.54, 1.807) is 0 Å². The molecular formula is C15H19N5. The molecular weight excluding hydrogens is 250 g/mol. The Balaban J connectivity index is 1.56. The summed E-state index contributed by atoms with van der Waals surface area (Å²) >= 11 is 0. The van der Waals surface area contributed by atoms with Gasteiger partial charge in [0.1, 0.15) is 0 Å². The van der Waals surface area contributed by atoms with Crippen LogP contribution in [0.2, 0.25) is 0 Å². The normalized spacial score (nSPS) is 15.3. The third-order valence-corrected chi connectivity index (χ3v) is 3.24. The molecule has 1 aliphatic rings. The molecule has 3 N–H and O–H groups in total. The summed E-state index contributed by atoms with van der Waals surface area (Å²) in [4.78, 5) is 4.32. The number of guanidine groups is 1. The molecule has 0 atom stereocenters. The van der Waals surface area contributed by atoms with Crippen LogP contribution in [0.25, 0.3) is 0 Å². The molecule has 0 unspecified atom stereocenters. The highest BCUT2D eigenvalue weighted by atomic mass is 15.3. The quantitative estimate of drug-likeness (QED) is 0.638. The lowest BCUT2D eigenvalue weighted by Gasteiger charge is -2.02. The van der Waals surface area contributed by atoms with Crippen molar-refractivity contribution in [1.29, 1.82) is 0 Å². The van der Waals surface area contributed by atoms with Gasteiger partial charge in [-0.15, -0.1) is 0 Å². The first-order valence-electron chi connectivity index (χ1n) is 6.91. The molecule has 0 amide bonds. The number of nitrogens with zero attached hydrogens (tertiary/aromatic N) is 3. The van der Waals surface area contributed by atoms with Crippen molar-refractivity contribution >= 4 is 5.96 Å². The Bertz CT molecular complexity index is 583. The Morgan fingerprint density at radius 3 is 2.85 bits per heavy atom. The van der Waals surface area contributed by atoms with Gasteiger partial charge in [0.2, 0.25) is 0 Å². The molecule has 5 nitrogen and oxygen atoms in total. The molecule has 1 aromatic carbocycles. The Labute approximate surface area is 118 Å². The van der Waals surface area contributed by atoms with Gasteiger partial charge in [-0.25, -0.2) is 4.99 Å². The number of benzene rings is 1. The van der Waals surface area contributed by atoms with Gasteiger partial charge in [-0.05, 0) is 18.4 Å². The van der Waals surface area contributed by atoms with E-state index in [2.05, 4.69) is 27.5 Å². The second-order valence-corrected chi connectivity index (χ2v) is 5.15. The Kier molecular flexibility index (Phi) is 3.67. The monoisotopic (exact) mass is 269 g/mol. The SMILES string of the molecule is NC(=NCc1cnn(Cc2ccccc2)c1)NC1CC1. The summed E-state index contributed by atoms with van der Waals surface area (Å²) in [5.74, 6) is 0.531. The molecule has 0 aliphatic heterocycles. The van der Waals surface area contributed by atoms with Crippen LogP contribution in [0.15, 0.2) is 47.7 Å². The van der Waals surface area contributed by atoms with Gasteiger partial charge in [0, 0.05) is 17.8 Å². The predicted octanol–water partition coefficient (Wildman–Crippen LogP) is 1.50. The van der Waals surface area contributed by atoms with E-state index in [9.17, 15) is 0 Å². The third kappa shape index (κ3) is 3.60. The van der Waals surface area contributed by atoms with Crippen molar-refractivity contribution in [2.75, 3.05) is 0 Å². The first-order valence-corrected chi connectivity index (χ1v) is 6.91. The van der Waals surface area contributed by atoms with E-state index < -0.39 is 0 Å². The maximum Gasteiger partial charge on any atom is 0.189 e. The van der Waals surface area contributed by atoms with E-state index in [1.807, 2.05) is 35.3 Å². The lowest BCUT2D eigenvalue weighted by molar-refractivity contribution is 0.686. The summed E-state index contributed by atoms with van der Waals surface area (Å²) in [6.45, 7) is 1.35. The van der Waals surface area contributed by atoms with Crippen LogP contribution in [0.5, 0.6) is 0 Å². The smallest absolute Gasteiger partial charge is 0.189 e. The summed E-state index contributed by atoms with van der Waals surface area (Å²) in [6.07, 6.45) is 6.26. The van der Waals surface area contributed by atoms with Gasteiger partial charge < -0.3 is 11.1 Å². The number of nitrogens with one attached hydrogen (secondary N) is 1. The van der Waals surface area contributed by atoms with E-state index in [4.69, 9.17) is 5.73 Å². The number of aromatic nitrogens is 2. The first-order chi connectivity index (χ1) is 9.79. The van der Waals surface area contributed by atoms with Gasteiger partial charge in [-0.3, -0.25) is 4.68 Å². The molecule has 20 heavy (non-hydrogen) atoms. The highest BCUT2D eigenvalue weighted by molar-refractivity contribution is 5.78. The fraction of sp³-hybridized carbons (Fsp3) is 0.333. The second kappa shape index (κ2) is 5.77. The van der Waals surface area contributed by atoms with Crippen molar-refractivity contribution in [2.45, 2.75) is 32.0 Å². The summed E-state index contributed by atoms with van der Waals surface area (Å²) in [6, 6.07) is 10.8. The Hall–Kier alpha value is -2.30. The average molecular weight is 269 g/mol. The maximum atomic E-state index is 5.80. The highest BCUT2D eigenvalue weighted by Gasteiger charge is 2.21. The third-order valence-electron chi connectivity index (χ3n) is 3.24. The molecule has 1 aliphatic carbocycles. The van der Waals surface area contributed by atoms with Crippen LogP contribution in [-0.4, -0.2) is 21.8 Å². The molecule has 0 spiro atoms. The summed E-state index contributed by atoms with van der Waals surface area (Å²) in [7, 11) is 0. The van der Waals surface area contributed by atoms with Crippen LogP contribution in [0.4, 0.5) is 0 Å². The number of hydrogen-bond acceptors (Lipinski definition) is 2. The average Bonchev–Trinajstić information content (AvgIpc) is 3.15. The minimum absolute atomic E-state index is 0.531. The van der Waals surface area contributed by atoms with E-state index in [0.29, 0.717) is 18.5 Å². The van der Waals surface area contributed by atoms with E-state index >= 15 is 0 Å². The van der Waals surface area contributed by atoms with Crippen molar-refractivity contribution in [3.8, 4) is 0 Å². The molecule has 0 saturated heterocycles. The summed E-state index contributed by atoms with van der Waals surface area (Å²) < 4.78 is 1.92. The fourth-order valence-corrected chi connectivity index (χ4v) is 2.00. The highest BCUT2D eigenvalue weighted by Crippen LogP contribution is 2.18. The van der Waals surface area contributed by atoms with Crippen LogP contribution in [0.3, 0.4) is 0 Å². The molecule has 1 heterocycles. The minimum Gasteiger partial charge on any atom is -0.370 e. The van der Waals surface area contributed by atoms with Gasteiger partial charge in [0.25, 0.3) is 0 Å². The summed E-state index contributed by atoms with van der Waals surface area (Å²) in [5.41, 5.74) is 8.11. The van der Waals surface area contributed by atoms with Crippen molar-refractivity contribution < 1.29 is 0 Å². The predicted molar refractivity (Wildman–Crippen MR) is 79.3 cm³/mol. The van der Waals surface area contributed by atoms with Crippen LogP contribution in [0.1, 0.15) is 24.0 Å². The molecule has 104 valence electrons. The van der Waals surface area contributed by atoms with Gasteiger partial charge in [-0.2, -0.15) is 5.10 Å². The van der Waals surface area contributed by atoms with Gasteiger partial charge in [0.05, 0.1) is 19.3 Å². The zero-order valence-corrected chi connectivity index (χ0v) is 11.4. The van der Waals surface area contributed by atoms with E-state index in [-0.39, 0.29) is 0 Å². The van der Waals surface area contributed by atoms with Crippen LogP contribution < -0.4 is 11.1 Å². The van der Waals surface area contributed by atoms with E-state index in [1.165, 1.54) is 18.4 Å². The molecule has 3 rings (SSSR count). The molecule has 1 fully saturated rings. The molecule has 1 saturated carbocycles. The Morgan fingerprint density at radius 2 is 2.10 bits per heavy atom. The molecule has 0 bridgehead atoms. The topological polar surface area (TPSA) is 68.2 Å². The van der Waals surface area contributed by atoms with Crippen LogP contribution >= 0.6 is 0 Å². The molecule has 1 aromatic heterocycles. The number of aliphatic imine (C=N–C) groups is 1. The van der Waals surface area contributed by atoms with Gasteiger partial charge >= 0.3 is 0 Å². The van der Waals surface area contributed by atoms with Crippen molar-refractivity contribution in [3.05, 3.63) is 53.9 Å². The zero-order chi connectivity index (χ0) is 13.8. The minimum atomic E-state index is 0.531. The largest absolute Gasteiger partial charge is 0.370 e. The Morgan fingerprint density at radius 1 is 1.30 bits per heavy atom. The van der Waals surface area contributed by atoms with Gasteiger partial charge in [-0.1, -0.05) is 30.3 Å². The molecule has 2 aromatic rings. The van der Waals surface area contributed by atoms with Crippen LogP contribution in [-0.2, 0) is 13.1 Å². The fourth-order valence-electron chi connectivity index (χ4n) is 2.00. The van der Waals surface area contributed by atoms with Gasteiger partial charge in [0.15, 0.2) is 5.96 Å². The second-order valence-electron chi connectivity index (χ2n) is 5.15. The van der Waals surface area contributed by atoms with Crippen molar-refractivity contribution in [3.63, 3.8) is 0 Å². The number of nitrogens with two attached hydrogens (primary N) is 1. The van der Waals surface area contributed by atoms with Crippen molar-refractivity contribution in [1.82, 2.24) is 15.1 Å². The first kappa shape index (κ1) is 12.7. The number of hydrogen-bond donors (Lipinski definition) is 2. The molecule has 0 radical (unpaired) electrons. The number of rotatable bonds is 5. The lowest BCUT2D eigenvalue weighted by atomic mass is 10.2. The standard InChI is InChI=1S/C15H19N5/c16-15(19-14-6-7-14)17-8-13-9-18-20(11-13)10-12-4-2-1-3-5-12/h1-5,9,11,14H,6-8,10H2,(H3,16,17,19).